The van der Waals surface area contributed by atoms with Gasteiger partial charge in [0.1, 0.15) is 12.1 Å². The Labute approximate surface area is 214 Å². The van der Waals surface area contributed by atoms with Crippen LogP contribution in [0, 0.1) is 34.5 Å². The highest BCUT2D eigenvalue weighted by Crippen LogP contribution is 2.65. The van der Waals surface area contributed by atoms with Gasteiger partial charge in [0.2, 0.25) is 5.91 Å². The van der Waals surface area contributed by atoms with E-state index in [1.165, 1.54) is 5.57 Å². The first kappa shape index (κ1) is 26.9. The van der Waals surface area contributed by atoms with Crippen LogP contribution in [0.15, 0.2) is 11.6 Å². The van der Waals surface area contributed by atoms with Gasteiger partial charge in [-0.1, -0.05) is 39.7 Å². The highest BCUT2D eigenvalue weighted by molar-refractivity contribution is 5.91. The van der Waals surface area contributed by atoms with Crippen molar-refractivity contribution in [2.75, 3.05) is 0 Å². The molecule has 0 aromatic heterocycles. The van der Waals surface area contributed by atoms with Gasteiger partial charge < -0.3 is 15.2 Å². The lowest BCUT2D eigenvalue weighted by molar-refractivity contribution is -0.160. The summed E-state index contributed by atoms with van der Waals surface area (Å²) in [6.07, 6.45) is 10.1. The molecule has 0 saturated heterocycles. The number of aliphatic carboxylic acids is 1. The molecule has 0 aromatic rings. The maximum Gasteiger partial charge on any atom is 0.326 e. The molecule has 4 aliphatic rings. The summed E-state index contributed by atoms with van der Waals surface area (Å²) in [5.74, 6) is -0.0631. The SMILES string of the molecule is CC[C@H](C)[C@H](NC(=O)CCC(=O)O[C@@H]1CC[C@@H]2[C@H]3CCC4=CC(=O)CC[C@]4(C)[C@@H]3CC[C@@]21C)C(=O)O. The monoisotopic (exact) mass is 501 g/mol. The molecule has 4 aliphatic carbocycles. The number of carboxylic acids is 1. The van der Waals surface area contributed by atoms with Crippen LogP contribution in [0.25, 0.3) is 0 Å². The zero-order valence-corrected chi connectivity index (χ0v) is 22.3. The van der Waals surface area contributed by atoms with Crippen molar-refractivity contribution < 1.29 is 29.0 Å². The lowest BCUT2D eigenvalue weighted by Gasteiger charge is -2.57. The highest BCUT2D eigenvalue weighted by atomic mass is 16.5. The number of hydrogen-bond donors (Lipinski definition) is 2. The van der Waals surface area contributed by atoms with E-state index in [1.54, 1.807) is 6.92 Å². The number of amides is 1. The molecule has 0 unspecified atom stereocenters. The topological polar surface area (TPSA) is 110 Å². The van der Waals surface area contributed by atoms with Crippen molar-refractivity contribution in [1.29, 1.82) is 0 Å². The predicted molar refractivity (Wildman–Crippen MR) is 135 cm³/mol. The molecule has 2 N–H and O–H groups in total. The summed E-state index contributed by atoms with van der Waals surface area (Å²) in [5, 5.41) is 11.9. The molecule has 0 aliphatic heterocycles. The first-order chi connectivity index (χ1) is 17.0. The summed E-state index contributed by atoms with van der Waals surface area (Å²) in [5.41, 5.74) is 1.44. The number of ketones is 1. The number of rotatable bonds is 8. The van der Waals surface area contributed by atoms with Crippen molar-refractivity contribution in [2.45, 2.75) is 110 Å². The van der Waals surface area contributed by atoms with E-state index in [9.17, 15) is 24.3 Å². The second-order valence-electron chi connectivity index (χ2n) is 12.3. The molecule has 0 radical (unpaired) electrons. The molecule has 0 aromatic carbocycles. The second-order valence-corrected chi connectivity index (χ2v) is 12.3. The molecule has 7 nitrogen and oxygen atoms in total. The zero-order chi connectivity index (χ0) is 26.3. The number of allylic oxidation sites excluding steroid dienone is 1. The van der Waals surface area contributed by atoms with E-state index in [-0.39, 0.29) is 47.4 Å². The van der Waals surface area contributed by atoms with Gasteiger partial charge >= 0.3 is 11.9 Å². The molecular weight excluding hydrogens is 458 g/mol. The summed E-state index contributed by atoms with van der Waals surface area (Å²) in [6, 6.07) is -0.946. The van der Waals surface area contributed by atoms with Crippen molar-refractivity contribution in [3.05, 3.63) is 11.6 Å². The molecule has 3 saturated carbocycles. The van der Waals surface area contributed by atoms with E-state index < -0.39 is 17.9 Å². The quantitative estimate of drug-likeness (QED) is 0.461. The van der Waals surface area contributed by atoms with Gasteiger partial charge in [-0.15, -0.1) is 0 Å². The van der Waals surface area contributed by atoms with Gasteiger partial charge in [0, 0.05) is 18.3 Å². The van der Waals surface area contributed by atoms with Crippen LogP contribution in [-0.4, -0.2) is 40.9 Å². The van der Waals surface area contributed by atoms with E-state index in [1.807, 2.05) is 13.0 Å². The molecule has 0 heterocycles. The fraction of sp³-hybridized carbons (Fsp3) is 0.793. The van der Waals surface area contributed by atoms with Crippen LogP contribution in [0.5, 0.6) is 0 Å². The number of fused-ring (bicyclic) bond motifs is 5. The molecule has 200 valence electrons. The van der Waals surface area contributed by atoms with Crippen LogP contribution in [0.2, 0.25) is 0 Å². The van der Waals surface area contributed by atoms with Crippen LogP contribution in [0.3, 0.4) is 0 Å². The summed E-state index contributed by atoms with van der Waals surface area (Å²) in [7, 11) is 0. The van der Waals surface area contributed by atoms with Gasteiger partial charge in [-0.2, -0.15) is 0 Å². The summed E-state index contributed by atoms with van der Waals surface area (Å²) in [4.78, 5) is 48.6. The van der Waals surface area contributed by atoms with Crippen molar-refractivity contribution in [3.8, 4) is 0 Å². The summed E-state index contributed by atoms with van der Waals surface area (Å²) >= 11 is 0. The van der Waals surface area contributed by atoms with Gasteiger partial charge in [0.05, 0.1) is 6.42 Å². The lowest BCUT2D eigenvalue weighted by atomic mass is 9.47. The zero-order valence-electron chi connectivity index (χ0n) is 22.3. The molecule has 36 heavy (non-hydrogen) atoms. The second kappa shape index (κ2) is 10.3. The van der Waals surface area contributed by atoms with Crippen LogP contribution < -0.4 is 5.32 Å². The van der Waals surface area contributed by atoms with Crippen molar-refractivity contribution >= 4 is 23.6 Å². The van der Waals surface area contributed by atoms with Crippen LogP contribution in [0.1, 0.15) is 98.3 Å². The molecule has 0 spiro atoms. The average molecular weight is 502 g/mol. The standard InChI is InChI=1S/C29H43NO6/c1-5-17(2)26(27(34)35)30-24(32)10-11-25(33)36-23-9-8-21-20-7-6-18-16-19(31)12-14-28(18,3)22(20)13-15-29(21,23)4/h16-17,20-23,26H,5-15H2,1-4H3,(H,30,32)(H,34,35)/t17-,20+,21+,22+,23+,26-,28-,29-/m0/s1. The highest BCUT2D eigenvalue weighted by Gasteiger charge is 2.59. The molecule has 4 rings (SSSR count). The first-order valence-corrected chi connectivity index (χ1v) is 13.9. The fourth-order valence-corrected chi connectivity index (χ4v) is 8.07. The molecule has 3 fully saturated rings. The van der Waals surface area contributed by atoms with E-state index in [0.29, 0.717) is 30.6 Å². The molecular formula is C29H43NO6. The van der Waals surface area contributed by atoms with E-state index in [0.717, 1.165) is 44.9 Å². The van der Waals surface area contributed by atoms with Gasteiger partial charge in [-0.3, -0.25) is 14.4 Å². The Hall–Kier alpha value is -2.18. The summed E-state index contributed by atoms with van der Waals surface area (Å²) in [6.45, 7) is 8.33. The van der Waals surface area contributed by atoms with Gasteiger partial charge in [-0.25, -0.2) is 4.79 Å². The Balaban J connectivity index is 1.34. The van der Waals surface area contributed by atoms with E-state index in [2.05, 4.69) is 19.2 Å². The third-order valence-electron chi connectivity index (χ3n) is 10.5. The van der Waals surface area contributed by atoms with Crippen molar-refractivity contribution in [3.63, 3.8) is 0 Å². The minimum absolute atomic E-state index is 0.0395. The Morgan fingerprint density at radius 3 is 2.53 bits per heavy atom. The Kier molecular flexibility index (Phi) is 7.68. The van der Waals surface area contributed by atoms with E-state index >= 15 is 0 Å². The Bertz CT molecular complexity index is 942. The van der Waals surface area contributed by atoms with Gasteiger partial charge in [0.25, 0.3) is 0 Å². The molecule has 0 bridgehead atoms. The number of carbonyl (C=O) groups is 4. The van der Waals surface area contributed by atoms with Crippen LogP contribution >= 0.6 is 0 Å². The number of carbonyl (C=O) groups excluding carboxylic acids is 3. The molecule has 1 amide bonds. The summed E-state index contributed by atoms with van der Waals surface area (Å²) < 4.78 is 5.99. The average Bonchev–Trinajstić information content (AvgIpc) is 3.17. The number of carboxylic acid groups (broad SMARTS) is 1. The van der Waals surface area contributed by atoms with Crippen molar-refractivity contribution in [2.24, 2.45) is 34.5 Å². The Morgan fingerprint density at radius 2 is 1.83 bits per heavy atom. The normalized spacial score (nSPS) is 37.0. The number of hydrogen-bond acceptors (Lipinski definition) is 5. The van der Waals surface area contributed by atoms with Gasteiger partial charge in [-0.05, 0) is 80.1 Å². The smallest absolute Gasteiger partial charge is 0.326 e. The molecule has 7 heteroatoms. The maximum absolute atomic E-state index is 12.7. The van der Waals surface area contributed by atoms with Crippen molar-refractivity contribution in [1.82, 2.24) is 5.32 Å². The lowest BCUT2D eigenvalue weighted by Crippen LogP contribution is -2.51. The number of esters is 1. The Morgan fingerprint density at radius 1 is 1.08 bits per heavy atom. The first-order valence-electron chi connectivity index (χ1n) is 13.9. The largest absolute Gasteiger partial charge is 0.480 e. The number of ether oxygens (including phenoxy) is 1. The van der Waals surface area contributed by atoms with Gasteiger partial charge in [0.15, 0.2) is 5.78 Å². The van der Waals surface area contributed by atoms with E-state index in [4.69, 9.17) is 4.74 Å². The minimum Gasteiger partial charge on any atom is -0.480 e. The minimum atomic E-state index is -1.06. The number of nitrogens with one attached hydrogen (secondary N) is 1. The van der Waals surface area contributed by atoms with Crippen LogP contribution in [0.4, 0.5) is 0 Å². The third kappa shape index (κ3) is 4.87. The third-order valence-corrected chi connectivity index (χ3v) is 10.5. The predicted octanol–water partition coefficient (Wildman–Crippen LogP) is 4.83. The van der Waals surface area contributed by atoms with Crippen LogP contribution in [-0.2, 0) is 23.9 Å². The maximum atomic E-state index is 12.7. The fourth-order valence-electron chi connectivity index (χ4n) is 8.07. The molecule has 8 atom stereocenters.